The standard InChI is InChI=1S/C15H21FN4O2/c1-17-15(22)19-14(21)5-7-20-8-6-18-10-13(20)11-3-2-4-12(16)9-11/h2-4,9,13,18H,5-8,10H2,1H3,(H2,17,19,21,22). The van der Waals surface area contributed by atoms with E-state index in [0.29, 0.717) is 13.1 Å². The van der Waals surface area contributed by atoms with Gasteiger partial charge in [-0.15, -0.1) is 0 Å². The number of amides is 3. The van der Waals surface area contributed by atoms with Crippen molar-refractivity contribution in [2.45, 2.75) is 12.5 Å². The van der Waals surface area contributed by atoms with Crippen LogP contribution in [-0.2, 0) is 4.79 Å². The van der Waals surface area contributed by atoms with Crippen LogP contribution in [0.4, 0.5) is 9.18 Å². The second-order valence-corrected chi connectivity index (χ2v) is 5.19. The largest absolute Gasteiger partial charge is 0.341 e. The molecule has 1 aliphatic heterocycles. The quantitative estimate of drug-likeness (QED) is 0.762. The predicted molar refractivity (Wildman–Crippen MR) is 80.8 cm³/mol. The summed E-state index contributed by atoms with van der Waals surface area (Å²) in [6, 6.07) is 6.04. The van der Waals surface area contributed by atoms with E-state index in [-0.39, 0.29) is 24.2 Å². The van der Waals surface area contributed by atoms with Crippen molar-refractivity contribution in [3.05, 3.63) is 35.6 Å². The molecule has 0 spiro atoms. The third kappa shape index (κ3) is 4.51. The van der Waals surface area contributed by atoms with Crippen LogP contribution in [0.15, 0.2) is 24.3 Å². The molecule has 1 unspecified atom stereocenters. The van der Waals surface area contributed by atoms with Crippen molar-refractivity contribution in [2.24, 2.45) is 0 Å². The molecule has 0 saturated carbocycles. The molecule has 1 aromatic carbocycles. The highest BCUT2D eigenvalue weighted by atomic mass is 19.1. The molecular weight excluding hydrogens is 287 g/mol. The first-order valence-electron chi connectivity index (χ1n) is 7.32. The number of nitrogens with one attached hydrogen (secondary N) is 3. The van der Waals surface area contributed by atoms with E-state index in [0.717, 1.165) is 18.7 Å². The summed E-state index contributed by atoms with van der Waals surface area (Å²) in [7, 11) is 1.46. The zero-order valence-electron chi connectivity index (χ0n) is 12.6. The van der Waals surface area contributed by atoms with E-state index in [1.807, 2.05) is 6.07 Å². The second kappa shape index (κ2) is 7.86. The molecular formula is C15H21FN4O2. The number of benzene rings is 1. The molecule has 1 heterocycles. The number of halogens is 1. The summed E-state index contributed by atoms with van der Waals surface area (Å²) in [6.45, 7) is 2.82. The van der Waals surface area contributed by atoms with Crippen molar-refractivity contribution >= 4 is 11.9 Å². The van der Waals surface area contributed by atoms with Crippen LogP contribution >= 0.6 is 0 Å². The van der Waals surface area contributed by atoms with Gasteiger partial charge in [0.05, 0.1) is 0 Å². The van der Waals surface area contributed by atoms with Gasteiger partial charge in [-0.2, -0.15) is 0 Å². The van der Waals surface area contributed by atoms with E-state index in [1.54, 1.807) is 6.07 Å². The van der Waals surface area contributed by atoms with Crippen molar-refractivity contribution in [3.8, 4) is 0 Å². The Labute approximate surface area is 129 Å². The third-order valence-corrected chi connectivity index (χ3v) is 3.69. The Hall–Kier alpha value is -1.99. The summed E-state index contributed by atoms with van der Waals surface area (Å²) in [5.74, 6) is -0.587. The van der Waals surface area contributed by atoms with Gasteiger partial charge in [0, 0.05) is 45.7 Å². The minimum absolute atomic E-state index is 0.0252. The van der Waals surface area contributed by atoms with Crippen molar-refractivity contribution in [2.75, 3.05) is 33.2 Å². The average molecular weight is 308 g/mol. The minimum atomic E-state index is -0.507. The maximum atomic E-state index is 13.4. The monoisotopic (exact) mass is 308 g/mol. The number of imide groups is 1. The van der Waals surface area contributed by atoms with Gasteiger partial charge in [0.2, 0.25) is 5.91 Å². The van der Waals surface area contributed by atoms with Gasteiger partial charge in [-0.05, 0) is 17.7 Å². The maximum absolute atomic E-state index is 13.4. The van der Waals surface area contributed by atoms with Crippen LogP contribution < -0.4 is 16.0 Å². The van der Waals surface area contributed by atoms with Crippen molar-refractivity contribution in [1.82, 2.24) is 20.9 Å². The summed E-state index contributed by atoms with van der Waals surface area (Å²) in [6.07, 6.45) is 0.221. The van der Waals surface area contributed by atoms with Crippen molar-refractivity contribution < 1.29 is 14.0 Å². The Kier molecular flexibility index (Phi) is 5.85. The maximum Gasteiger partial charge on any atom is 0.321 e. The van der Waals surface area contributed by atoms with Gasteiger partial charge >= 0.3 is 6.03 Å². The zero-order valence-corrected chi connectivity index (χ0v) is 12.6. The Morgan fingerprint density at radius 3 is 3.00 bits per heavy atom. The second-order valence-electron chi connectivity index (χ2n) is 5.19. The molecule has 6 nitrogen and oxygen atoms in total. The van der Waals surface area contributed by atoms with Crippen molar-refractivity contribution in [3.63, 3.8) is 0 Å². The molecule has 120 valence electrons. The van der Waals surface area contributed by atoms with Gasteiger partial charge in [0.25, 0.3) is 0 Å². The molecule has 1 fully saturated rings. The van der Waals surface area contributed by atoms with E-state index >= 15 is 0 Å². The Balaban J connectivity index is 1.95. The van der Waals surface area contributed by atoms with Gasteiger partial charge in [0.15, 0.2) is 0 Å². The molecule has 1 atom stereocenters. The number of carbonyl (C=O) groups is 2. The third-order valence-electron chi connectivity index (χ3n) is 3.69. The van der Waals surface area contributed by atoms with Crippen LogP contribution in [0.3, 0.4) is 0 Å². The first kappa shape index (κ1) is 16.4. The van der Waals surface area contributed by atoms with E-state index in [2.05, 4.69) is 20.9 Å². The van der Waals surface area contributed by atoms with Crippen LogP contribution in [0.25, 0.3) is 0 Å². The van der Waals surface area contributed by atoms with E-state index in [1.165, 1.54) is 19.2 Å². The summed E-state index contributed by atoms with van der Waals surface area (Å²) in [5, 5.41) is 7.86. The predicted octanol–water partition coefficient (Wildman–Crippen LogP) is 0.618. The molecule has 2 rings (SSSR count). The Morgan fingerprint density at radius 2 is 2.27 bits per heavy atom. The number of hydrogen-bond acceptors (Lipinski definition) is 4. The van der Waals surface area contributed by atoms with E-state index in [9.17, 15) is 14.0 Å². The number of rotatable bonds is 4. The molecule has 3 N–H and O–H groups in total. The number of urea groups is 1. The normalized spacial score (nSPS) is 18.7. The number of carbonyl (C=O) groups excluding carboxylic acids is 2. The first-order valence-corrected chi connectivity index (χ1v) is 7.32. The van der Waals surface area contributed by atoms with Crippen LogP contribution in [0.5, 0.6) is 0 Å². The molecule has 1 aromatic rings. The molecule has 22 heavy (non-hydrogen) atoms. The molecule has 1 saturated heterocycles. The lowest BCUT2D eigenvalue weighted by Gasteiger charge is -2.36. The highest BCUT2D eigenvalue weighted by molar-refractivity contribution is 5.94. The van der Waals surface area contributed by atoms with Crippen molar-refractivity contribution in [1.29, 1.82) is 0 Å². The zero-order chi connectivity index (χ0) is 15.9. The van der Waals surface area contributed by atoms with Crippen LogP contribution in [0.2, 0.25) is 0 Å². The minimum Gasteiger partial charge on any atom is -0.341 e. The first-order chi connectivity index (χ1) is 10.6. The lowest BCUT2D eigenvalue weighted by atomic mass is 10.0. The fourth-order valence-corrected chi connectivity index (χ4v) is 2.55. The van der Waals surface area contributed by atoms with Gasteiger partial charge in [-0.3, -0.25) is 15.0 Å². The molecule has 3 amide bonds. The Bertz CT molecular complexity index is 538. The van der Waals surface area contributed by atoms with Gasteiger partial charge in [-0.25, -0.2) is 9.18 Å². The average Bonchev–Trinajstić information content (AvgIpc) is 2.53. The smallest absolute Gasteiger partial charge is 0.321 e. The van der Waals surface area contributed by atoms with E-state index < -0.39 is 6.03 Å². The van der Waals surface area contributed by atoms with Gasteiger partial charge < -0.3 is 10.6 Å². The number of nitrogens with zero attached hydrogens (tertiary/aromatic N) is 1. The Morgan fingerprint density at radius 1 is 1.45 bits per heavy atom. The molecule has 0 radical (unpaired) electrons. The summed E-state index contributed by atoms with van der Waals surface area (Å²) in [5.41, 5.74) is 0.888. The SMILES string of the molecule is CNC(=O)NC(=O)CCN1CCNCC1c1cccc(F)c1. The lowest BCUT2D eigenvalue weighted by molar-refractivity contribution is -0.120. The highest BCUT2D eigenvalue weighted by Gasteiger charge is 2.24. The molecule has 0 aromatic heterocycles. The van der Waals surface area contributed by atoms with Gasteiger partial charge in [0.1, 0.15) is 5.82 Å². The fourth-order valence-electron chi connectivity index (χ4n) is 2.55. The summed E-state index contributed by atoms with van der Waals surface area (Å²) >= 11 is 0. The fraction of sp³-hybridized carbons (Fsp3) is 0.467. The molecule has 1 aliphatic rings. The number of hydrogen-bond donors (Lipinski definition) is 3. The van der Waals surface area contributed by atoms with Gasteiger partial charge in [-0.1, -0.05) is 12.1 Å². The molecule has 7 heteroatoms. The lowest BCUT2D eigenvalue weighted by Crippen LogP contribution is -2.47. The van der Waals surface area contributed by atoms with Crippen LogP contribution in [0.1, 0.15) is 18.0 Å². The summed E-state index contributed by atoms with van der Waals surface area (Å²) in [4.78, 5) is 24.9. The highest BCUT2D eigenvalue weighted by Crippen LogP contribution is 2.22. The van der Waals surface area contributed by atoms with Crippen LogP contribution in [0, 0.1) is 5.82 Å². The van der Waals surface area contributed by atoms with E-state index in [4.69, 9.17) is 0 Å². The molecule has 0 bridgehead atoms. The topological polar surface area (TPSA) is 73.5 Å². The van der Waals surface area contributed by atoms with Crippen LogP contribution in [-0.4, -0.2) is 50.1 Å². The number of piperazine rings is 1. The summed E-state index contributed by atoms with van der Waals surface area (Å²) < 4.78 is 13.4. The molecule has 0 aliphatic carbocycles.